The summed E-state index contributed by atoms with van der Waals surface area (Å²) in [7, 11) is 0. The second-order valence-corrected chi connectivity index (χ2v) is 3.70. The second-order valence-electron chi connectivity index (χ2n) is 3.70. The third kappa shape index (κ3) is 1.52. The Kier molecular flexibility index (Phi) is 1.96. The van der Waals surface area contributed by atoms with E-state index in [1.807, 2.05) is 13.0 Å². The monoisotopic (exact) mass is 178 g/mol. The number of rotatable bonds is 2. The Morgan fingerprint density at radius 3 is 2.85 bits per heavy atom. The summed E-state index contributed by atoms with van der Waals surface area (Å²) in [6.07, 6.45) is 2.41. The average molecular weight is 178 g/mol. The fraction of sp³-hybridized carbons (Fsp3) is 0.500. The van der Waals surface area contributed by atoms with Crippen molar-refractivity contribution in [1.82, 2.24) is 4.98 Å². The average Bonchev–Trinajstić information content (AvgIpc) is 2.91. The molecule has 1 aliphatic rings. The number of H-pyrrole nitrogens is 1. The highest BCUT2D eigenvalue weighted by atomic mass is 16.1. The summed E-state index contributed by atoms with van der Waals surface area (Å²) in [5.74, 6) is 0.597. The molecule has 13 heavy (non-hydrogen) atoms. The van der Waals surface area contributed by atoms with Crippen LogP contribution in [0.4, 0.5) is 0 Å². The number of aromatic nitrogens is 1. The number of nitrogens with two attached hydrogens (primary N) is 1. The zero-order valence-corrected chi connectivity index (χ0v) is 7.76. The highest BCUT2D eigenvalue weighted by Crippen LogP contribution is 2.39. The quantitative estimate of drug-likeness (QED) is 0.710. The number of nitrogens with one attached hydrogen (secondary N) is 1. The Balaban J connectivity index is 2.49. The Morgan fingerprint density at radius 1 is 1.62 bits per heavy atom. The number of aryl methyl sites for hydroxylation is 1. The molecule has 0 bridgehead atoms. The van der Waals surface area contributed by atoms with Gasteiger partial charge in [0.2, 0.25) is 0 Å². The molecule has 1 fully saturated rings. The van der Waals surface area contributed by atoms with Crippen molar-refractivity contribution >= 4 is 0 Å². The van der Waals surface area contributed by atoms with Gasteiger partial charge in [-0.25, -0.2) is 0 Å². The van der Waals surface area contributed by atoms with E-state index in [0.717, 1.165) is 5.69 Å². The van der Waals surface area contributed by atoms with Crippen LogP contribution in [-0.4, -0.2) is 4.98 Å². The molecule has 0 radical (unpaired) electrons. The van der Waals surface area contributed by atoms with E-state index < -0.39 is 0 Å². The minimum Gasteiger partial charge on any atom is -0.326 e. The minimum atomic E-state index is -0.0185. The first kappa shape index (κ1) is 8.51. The lowest BCUT2D eigenvalue weighted by Gasteiger charge is -2.05. The first-order valence-corrected chi connectivity index (χ1v) is 4.65. The molecule has 3 heteroatoms. The molecule has 0 atom stereocenters. The smallest absolute Gasteiger partial charge is 0.252 e. The lowest BCUT2D eigenvalue weighted by molar-refractivity contribution is 0.930. The van der Waals surface area contributed by atoms with Crippen molar-refractivity contribution in [3.8, 4) is 0 Å². The molecule has 3 N–H and O–H groups in total. The highest BCUT2D eigenvalue weighted by molar-refractivity contribution is 5.29. The largest absolute Gasteiger partial charge is 0.326 e. The highest BCUT2D eigenvalue weighted by Gasteiger charge is 2.26. The summed E-state index contributed by atoms with van der Waals surface area (Å²) >= 11 is 0. The Bertz CT molecular complexity index is 377. The maximum Gasteiger partial charge on any atom is 0.252 e. The number of pyridine rings is 1. The van der Waals surface area contributed by atoms with Crippen LogP contribution in [0.25, 0.3) is 0 Å². The first-order valence-electron chi connectivity index (χ1n) is 4.65. The third-order valence-electron chi connectivity index (χ3n) is 2.56. The lowest BCUT2D eigenvalue weighted by atomic mass is 10.1. The molecule has 1 aromatic rings. The molecular formula is C10H14N2O. The summed E-state index contributed by atoms with van der Waals surface area (Å²) in [6.45, 7) is 2.35. The topological polar surface area (TPSA) is 58.9 Å². The van der Waals surface area contributed by atoms with Crippen molar-refractivity contribution in [2.45, 2.75) is 32.2 Å². The normalized spacial score (nSPS) is 16.2. The van der Waals surface area contributed by atoms with Crippen molar-refractivity contribution in [1.29, 1.82) is 0 Å². The van der Waals surface area contributed by atoms with Gasteiger partial charge in [-0.15, -0.1) is 0 Å². The van der Waals surface area contributed by atoms with E-state index in [2.05, 4.69) is 4.98 Å². The Morgan fingerprint density at radius 2 is 2.31 bits per heavy atom. The molecule has 0 saturated heterocycles. The molecule has 0 aromatic carbocycles. The van der Waals surface area contributed by atoms with E-state index in [9.17, 15) is 4.79 Å². The van der Waals surface area contributed by atoms with E-state index in [-0.39, 0.29) is 5.56 Å². The fourth-order valence-electron chi connectivity index (χ4n) is 1.65. The van der Waals surface area contributed by atoms with Gasteiger partial charge in [0, 0.05) is 17.8 Å². The van der Waals surface area contributed by atoms with Crippen LogP contribution < -0.4 is 11.3 Å². The van der Waals surface area contributed by atoms with Crippen molar-refractivity contribution < 1.29 is 0 Å². The van der Waals surface area contributed by atoms with Gasteiger partial charge in [-0.05, 0) is 37.3 Å². The summed E-state index contributed by atoms with van der Waals surface area (Å²) in [4.78, 5) is 14.3. The maximum atomic E-state index is 11.4. The SMILES string of the molecule is Cc1cc(CN)c(=O)[nH]c1C1CC1. The summed E-state index contributed by atoms with van der Waals surface area (Å²) in [5.41, 5.74) is 8.39. The van der Waals surface area contributed by atoms with Crippen molar-refractivity contribution in [2.24, 2.45) is 5.73 Å². The van der Waals surface area contributed by atoms with Crippen molar-refractivity contribution in [2.75, 3.05) is 0 Å². The Hall–Kier alpha value is -1.09. The van der Waals surface area contributed by atoms with Gasteiger partial charge in [0.05, 0.1) is 0 Å². The molecule has 3 nitrogen and oxygen atoms in total. The molecule has 1 saturated carbocycles. The summed E-state index contributed by atoms with van der Waals surface area (Å²) < 4.78 is 0. The minimum absolute atomic E-state index is 0.0185. The van der Waals surface area contributed by atoms with Gasteiger partial charge in [-0.2, -0.15) is 0 Å². The standard InChI is InChI=1S/C10H14N2O/c1-6-4-8(5-11)10(13)12-9(6)7-2-3-7/h4,7H,2-3,5,11H2,1H3,(H,12,13). The fourth-order valence-corrected chi connectivity index (χ4v) is 1.65. The van der Waals surface area contributed by atoms with Crippen LogP contribution in [0.2, 0.25) is 0 Å². The maximum absolute atomic E-state index is 11.4. The molecule has 2 rings (SSSR count). The van der Waals surface area contributed by atoms with Crippen molar-refractivity contribution in [3.05, 3.63) is 33.2 Å². The van der Waals surface area contributed by atoms with Gasteiger partial charge in [0.25, 0.3) is 5.56 Å². The van der Waals surface area contributed by atoms with Gasteiger partial charge in [-0.1, -0.05) is 0 Å². The summed E-state index contributed by atoms with van der Waals surface area (Å²) in [5, 5.41) is 0. The van der Waals surface area contributed by atoms with E-state index in [1.165, 1.54) is 18.4 Å². The van der Waals surface area contributed by atoms with Crippen LogP contribution in [0.15, 0.2) is 10.9 Å². The van der Waals surface area contributed by atoms with Gasteiger partial charge in [-0.3, -0.25) is 4.79 Å². The van der Waals surface area contributed by atoms with Crippen LogP contribution in [-0.2, 0) is 6.54 Å². The zero-order chi connectivity index (χ0) is 9.42. The summed E-state index contributed by atoms with van der Waals surface area (Å²) in [6, 6.07) is 1.91. The molecule has 0 unspecified atom stereocenters. The molecule has 0 spiro atoms. The number of aromatic amines is 1. The number of hydrogen-bond acceptors (Lipinski definition) is 2. The van der Waals surface area contributed by atoms with Crippen LogP contribution >= 0.6 is 0 Å². The van der Waals surface area contributed by atoms with Gasteiger partial charge in [0.1, 0.15) is 0 Å². The molecule has 1 aliphatic carbocycles. The van der Waals surface area contributed by atoms with E-state index in [0.29, 0.717) is 18.0 Å². The first-order chi connectivity index (χ1) is 6.22. The zero-order valence-electron chi connectivity index (χ0n) is 7.76. The predicted octanol–water partition coefficient (Wildman–Crippen LogP) is 1.02. The molecule has 1 aromatic heterocycles. The van der Waals surface area contributed by atoms with Crippen molar-refractivity contribution in [3.63, 3.8) is 0 Å². The van der Waals surface area contributed by atoms with Crippen LogP contribution in [0.1, 0.15) is 35.6 Å². The van der Waals surface area contributed by atoms with Gasteiger partial charge >= 0.3 is 0 Å². The van der Waals surface area contributed by atoms with Gasteiger partial charge < -0.3 is 10.7 Å². The molecule has 70 valence electrons. The molecule has 1 heterocycles. The molecular weight excluding hydrogens is 164 g/mol. The Labute approximate surface area is 77.0 Å². The number of hydrogen-bond donors (Lipinski definition) is 2. The lowest BCUT2D eigenvalue weighted by Crippen LogP contribution is -2.18. The van der Waals surface area contributed by atoms with Gasteiger partial charge in [0.15, 0.2) is 0 Å². The van der Waals surface area contributed by atoms with E-state index in [4.69, 9.17) is 5.73 Å². The predicted molar refractivity (Wildman–Crippen MR) is 51.7 cm³/mol. The van der Waals surface area contributed by atoms with Crippen LogP contribution in [0, 0.1) is 6.92 Å². The second kappa shape index (κ2) is 3.00. The van der Waals surface area contributed by atoms with E-state index in [1.54, 1.807) is 0 Å². The molecule has 0 amide bonds. The van der Waals surface area contributed by atoms with Crippen LogP contribution in [0.3, 0.4) is 0 Å². The van der Waals surface area contributed by atoms with E-state index >= 15 is 0 Å². The third-order valence-corrected chi connectivity index (χ3v) is 2.56. The molecule has 0 aliphatic heterocycles. The van der Waals surface area contributed by atoms with Crippen LogP contribution in [0.5, 0.6) is 0 Å².